The number of nitrogens with one attached hydrogen (secondary N) is 1. The first-order valence-corrected chi connectivity index (χ1v) is 8.53. The van der Waals surface area contributed by atoms with Crippen molar-refractivity contribution in [3.63, 3.8) is 0 Å². The second-order valence-electron chi connectivity index (χ2n) is 5.43. The number of hydrogen-bond donors (Lipinski definition) is 1. The summed E-state index contributed by atoms with van der Waals surface area (Å²) >= 11 is 0. The lowest BCUT2D eigenvalue weighted by Gasteiger charge is -2.26. The van der Waals surface area contributed by atoms with E-state index in [0.29, 0.717) is 24.8 Å². The SMILES string of the molecule is CC.CCC(CCNC)C(=O)N1N=CCC1c1cc(F)cc(F)c1. The van der Waals surface area contributed by atoms with Gasteiger partial charge >= 0.3 is 0 Å². The predicted octanol–water partition coefficient (Wildman–Crippen LogP) is 3.89. The number of carbonyl (C=O) groups excluding carboxylic acids is 1. The summed E-state index contributed by atoms with van der Waals surface area (Å²) in [6, 6.07) is 2.92. The molecule has 1 amide bonds. The van der Waals surface area contributed by atoms with Crippen LogP contribution in [0.25, 0.3) is 0 Å². The van der Waals surface area contributed by atoms with Crippen molar-refractivity contribution in [2.75, 3.05) is 13.6 Å². The van der Waals surface area contributed by atoms with Crippen molar-refractivity contribution in [2.24, 2.45) is 11.0 Å². The normalized spacial score (nSPS) is 17.4. The summed E-state index contributed by atoms with van der Waals surface area (Å²) in [7, 11) is 1.84. The Hall–Kier alpha value is -1.82. The Balaban J connectivity index is 0.00000139. The molecular weight excluding hydrogens is 312 g/mol. The molecule has 0 spiro atoms. The summed E-state index contributed by atoms with van der Waals surface area (Å²) in [6.07, 6.45) is 3.51. The summed E-state index contributed by atoms with van der Waals surface area (Å²) < 4.78 is 26.8. The van der Waals surface area contributed by atoms with E-state index in [2.05, 4.69) is 10.4 Å². The summed E-state index contributed by atoms with van der Waals surface area (Å²) in [5.74, 6) is -1.53. The number of hydrazone groups is 1. The van der Waals surface area contributed by atoms with Gasteiger partial charge in [-0.25, -0.2) is 13.8 Å². The molecule has 1 aromatic rings. The lowest BCUT2D eigenvalue weighted by molar-refractivity contribution is -0.137. The fourth-order valence-electron chi connectivity index (χ4n) is 2.68. The van der Waals surface area contributed by atoms with Crippen molar-refractivity contribution in [3.8, 4) is 0 Å². The Morgan fingerprint density at radius 3 is 2.50 bits per heavy atom. The minimum absolute atomic E-state index is 0.0961. The van der Waals surface area contributed by atoms with Gasteiger partial charge in [0.05, 0.1) is 6.04 Å². The van der Waals surface area contributed by atoms with E-state index in [4.69, 9.17) is 0 Å². The number of rotatable bonds is 6. The van der Waals surface area contributed by atoms with Crippen molar-refractivity contribution in [1.29, 1.82) is 0 Å². The lowest BCUT2D eigenvalue weighted by Crippen LogP contribution is -2.34. The molecule has 6 heteroatoms. The zero-order valence-electron chi connectivity index (χ0n) is 14.9. The van der Waals surface area contributed by atoms with Crippen molar-refractivity contribution >= 4 is 12.1 Å². The van der Waals surface area contributed by atoms with Crippen LogP contribution in [0.1, 0.15) is 51.6 Å². The van der Waals surface area contributed by atoms with Crippen LogP contribution in [0, 0.1) is 17.6 Å². The first kappa shape index (κ1) is 20.2. The summed E-state index contributed by atoms with van der Waals surface area (Å²) in [5.41, 5.74) is 0.437. The molecule has 1 aliphatic rings. The van der Waals surface area contributed by atoms with Gasteiger partial charge in [0.15, 0.2) is 0 Å². The Bertz CT molecular complexity index is 543. The lowest BCUT2D eigenvalue weighted by atomic mass is 9.98. The number of amides is 1. The Morgan fingerprint density at radius 2 is 1.96 bits per heavy atom. The average Bonchev–Trinajstić information content (AvgIpc) is 3.06. The van der Waals surface area contributed by atoms with Gasteiger partial charge in [0.25, 0.3) is 0 Å². The van der Waals surface area contributed by atoms with E-state index in [-0.39, 0.29) is 11.8 Å². The topological polar surface area (TPSA) is 44.7 Å². The summed E-state index contributed by atoms with van der Waals surface area (Å²) in [4.78, 5) is 12.6. The molecule has 0 aromatic heterocycles. The van der Waals surface area contributed by atoms with E-state index in [1.807, 2.05) is 27.8 Å². The molecule has 1 N–H and O–H groups in total. The van der Waals surface area contributed by atoms with Gasteiger partial charge in [-0.2, -0.15) is 5.10 Å². The molecule has 0 radical (unpaired) electrons. The molecular formula is C18H27F2N3O. The van der Waals surface area contributed by atoms with E-state index in [1.165, 1.54) is 17.1 Å². The van der Waals surface area contributed by atoms with Crippen molar-refractivity contribution in [1.82, 2.24) is 10.3 Å². The highest BCUT2D eigenvalue weighted by Crippen LogP contribution is 2.31. The predicted molar refractivity (Wildman–Crippen MR) is 92.7 cm³/mol. The molecule has 0 fully saturated rings. The number of hydrogen-bond acceptors (Lipinski definition) is 3. The largest absolute Gasteiger partial charge is 0.320 e. The fraction of sp³-hybridized carbons (Fsp3) is 0.556. The molecule has 0 saturated carbocycles. The molecule has 134 valence electrons. The number of benzene rings is 1. The van der Waals surface area contributed by atoms with Crippen molar-refractivity contribution < 1.29 is 13.6 Å². The maximum atomic E-state index is 13.4. The molecule has 2 rings (SSSR count). The standard InChI is InChI=1S/C16H21F2N3O.C2H6/c1-3-11(4-6-19-2)16(22)21-15(5-7-20-21)12-8-13(17)10-14(18)9-12;1-2/h7-11,15,19H,3-6H2,1-2H3;1-2H3. The zero-order chi connectivity index (χ0) is 18.1. The van der Waals surface area contributed by atoms with Crippen LogP contribution in [0.2, 0.25) is 0 Å². The minimum atomic E-state index is -0.642. The number of carbonyl (C=O) groups is 1. The van der Waals surface area contributed by atoms with Crippen LogP contribution in [0.4, 0.5) is 8.78 Å². The minimum Gasteiger partial charge on any atom is -0.320 e. The molecule has 4 nitrogen and oxygen atoms in total. The molecule has 1 aromatic carbocycles. The van der Waals surface area contributed by atoms with Gasteiger partial charge < -0.3 is 5.32 Å². The molecule has 2 atom stereocenters. The monoisotopic (exact) mass is 339 g/mol. The van der Waals surface area contributed by atoms with E-state index < -0.39 is 17.7 Å². The van der Waals surface area contributed by atoms with Crippen molar-refractivity contribution in [2.45, 2.75) is 46.1 Å². The van der Waals surface area contributed by atoms with Gasteiger partial charge in [-0.05, 0) is 44.1 Å². The van der Waals surface area contributed by atoms with Crippen LogP contribution in [0.5, 0.6) is 0 Å². The molecule has 2 unspecified atom stereocenters. The third-order valence-corrected chi connectivity index (χ3v) is 3.91. The van der Waals surface area contributed by atoms with Gasteiger partial charge in [0.2, 0.25) is 5.91 Å². The van der Waals surface area contributed by atoms with E-state index >= 15 is 0 Å². The third-order valence-electron chi connectivity index (χ3n) is 3.91. The first-order chi connectivity index (χ1) is 11.6. The van der Waals surface area contributed by atoms with Gasteiger partial charge in [0.1, 0.15) is 11.6 Å². The molecule has 24 heavy (non-hydrogen) atoms. The fourth-order valence-corrected chi connectivity index (χ4v) is 2.68. The van der Waals surface area contributed by atoms with Crippen molar-refractivity contribution in [3.05, 3.63) is 35.4 Å². The Labute approximate surface area is 142 Å². The van der Waals surface area contributed by atoms with Crippen LogP contribution in [0.15, 0.2) is 23.3 Å². The number of halogens is 2. The van der Waals surface area contributed by atoms with Gasteiger partial charge in [0, 0.05) is 24.6 Å². The first-order valence-electron chi connectivity index (χ1n) is 8.53. The molecule has 0 saturated heterocycles. The van der Waals surface area contributed by atoms with Gasteiger partial charge in [-0.15, -0.1) is 0 Å². The molecule has 0 aliphatic carbocycles. The maximum Gasteiger partial charge on any atom is 0.246 e. The Kier molecular flexibility index (Phi) is 8.54. The zero-order valence-corrected chi connectivity index (χ0v) is 14.9. The highest BCUT2D eigenvalue weighted by molar-refractivity contribution is 5.82. The summed E-state index contributed by atoms with van der Waals surface area (Å²) in [6.45, 7) is 6.69. The van der Waals surface area contributed by atoms with Crippen LogP contribution in [-0.4, -0.2) is 30.7 Å². The Morgan fingerprint density at radius 1 is 1.33 bits per heavy atom. The average molecular weight is 339 g/mol. The molecule has 1 aliphatic heterocycles. The highest BCUT2D eigenvalue weighted by Gasteiger charge is 2.32. The molecule has 1 heterocycles. The van der Waals surface area contributed by atoms with E-state index in [0.717, 1.165) is 12.6 Å². The molecule has 0 bridgehead atoms. The second kappa shape index (κ2) is 10.1. The van der Waals surface area contributed by atoms with E-state index in [1.54, 1.807) is 6.21 Å². The highest BCUT2D eigenvalue weighted by atomic mass is 19.1. The van der Waals surface area contributed by atoms with E-state index in [9.17, 15) is 13.6 Å². The summed E-state index contributed by atoms with van der Waals surface area (Å²) in [5, 5.41) is 8.52. The van der Waals surface area contributed by atoms with Gasteiger partial charge in [-0.3, -0.25) is 4.79 Å². The van der Waals surface area contributed by atoms with Crippen LogP contribution >= 0.6 is 0 Å². The smallest absolute Gasteiger partial charge is 0.246 e. The van der Waals surface area contributed by atoms with Gasteiger partial charge in [-0.1, -0.05) is 20.8 Å². The number of nitrogens with zero attached hydrogens (tertiary/aromatic N) is 2. The van der Waals surface area contributed by atoms with Crippen LogP contribution < -0.4 is 5.32 Å². The second-order valence-corrected chi connectivity index (χ2v) is 5.43. The third kappa shape index (κ3) is 5.09. The maximum absolute atomic E-state index is 13.4. The quantitative estimate of drug-likeness (QED) is 0.855. The van der Waals surface area contributed by atoms with Crippen LogP contribution in [-0.2, 0) is 4.79 Å². The van der Waals surface area contributed by atoms with Crippen LogP contribution in [0.3, 0.4) is 0 Å².